The molecular weight excluding hydrogens is 1230 g/mol. The van der Waals surface area contributed by atoms with Crippen molar-refractivity contribution in [3.63, 3.8) is 0 Å². The third-order valence-corrected chi connectivity index (χ3v) is 17.8. The van der Waals surface area contributed by atoms with E-state index in [2.05, 4.69) is 0 Å². The maximum absolute atomic E-state index is 13.2. The van der Waals surface area contributed by atoms with Gasteiger partial charge in [-0.25, -0.2) is 58.3 Å². The molecule has 4 aromatic carbocycles. The van der Waals surface area contributed by atoms with Crippen LogP contribution in [0, 0.1) is 29.1 Å². The van der Waals surface area contributed by atoms with Crippen molar-refractivity contribution in [2.24, 2.45) is 29.1 Å². The fraction of sp³-hybridized carbons (Fsp3) is 0.508. The molecule has 0 atom stereocenters. The predicted molar refractivity (Wildman–Crippen MR) is 316 cm³/mol. The van der Waals surface area contributed by atoms with Gasteiger partial charge in [0.25, 0.3) is 0 Å². The molecule has 0 amide bonds. The first-order valence-electron chi connectivity index (χ1n) is 30.2. The van der Waals surface area contributed by atoms with E-state index in [-0.39, 0.29) is 68.9 Å². The third-order valence-electron chi connectivity index (χ3n) is 17.8. The number of ether oxygens (including phenoxy) is 12. The summed E-state index contributed by atoms with van der Waals surface area (Å²) in [6.45, 7) is 0. The lowest BCUT2D eigenvalue weighted by Crippen LogP contribution is -2.54. The maximum atomic E-state index is 13.2. The average Bonchev–Trinajstić information content (AvgIpc) is 0.747. The lowest BCUT2D eigenvalue weighted by Gasteiger charge is -2.60. The lowest BCUT2D eigenvalue weighted by atomic mass is 9.45. The lowest BCUT2D eigenvalue weighted by molar-refractivity contribution is -0.213. The van der Waals surface area contributed by atoms with Gasteiger partial charge in [0.05, 0.1) is 56.9 Å². The van der Waals surface area contributed by atoms with Crippen LogP contribution in [0.25, 0.3) is 0 Å². The fourth-order valence-electron chi connectivity index (χ4n) is 13.7. The highest BCUT2D eigenvalue weighted by atomic mass is 17.3. The van der Waals surface area contributed by atoms with Crippen molar-refractivity contribution in [2.45, 2.75) is 127 Å². The van der Waals surface area contributed by atoms with Crippen LogP contribution in [0.2, 0.25) is 0 Å². The molecule has 0 bridgehead atoms. The van der Waals surface area contributed by atoms with E-state index in [4.69, 9.17) is 95.9 Å². The van der Waals surface area contributed by atoms with Crippen LogP contribution < -0.4 is 37.9 Å². The smallest absolute Gasteiger partial charge is 0.497 e. The van der Waals surface area contributed by atoms with Crippen LogP contribution in [-0.2, 0) is 58.0 Å². The molecule has 0 aliphatic heterocycles. The zero-order valence-electron chi connectivity index (χ0n) is 52.8. The molecule has 0 radical (unpaired) electrons. The van der Waals surface area contributed by atoms with Gasteiger partial charge in [0.1, 0.15) is 92.7 Å². The maximum Gasteiger partial charge on any atom is 0.550 e. The average molecular weight is 1310 g/mol. The molecule has 0 N–H and O–H groups in total. The van der Waals surface area contributed by atoms with Crippen LogP contribution in [0.3, 0.4) is 0 Å². The molecule has 28 heteroatoms. The van der Waals surface area contributed by atoms with Gasteiger partial charge in [-0.05, 0) is 205 Å². The summed E-state index contributed by atoms with van der Waals surface area (Å²) in [7, 11) is 11.1. The van der Waals surface area contributed by atoms with Crippen LogP contribution in [0.15, 0.2) is 72.8 Å². The Morgan fingerprint density at radius 2 is 0.462 bits per heavy atom. The molecule has 504 valence electrons. The summed E-state index contributed by atoms with van der Waals surface area (Å²) in [5, 5.41) is 0. The van der Waals surface area contributed by atoms with Crippen molar-refractivity contribution in [2.75, 3.05) is 56.9 Å². The Bertz CT molecular complexity index is 2810. The number of carbonyl (C=O) groups is 8. The molecule has 0 unspecified atom stereocenters. The standard InChI is InChI=1S/C65H76O28/c1-74-45-25-29-53(78-5)49(33-45)57(66)86-90-61(70)82-41-17-9-37(10-18-41)65(38-11-19-42(20-12-38)83-62(71)91-87-58(67)50-34-46(75-2)26-30-54(50)79-6,39-13-21-43(22-14-39)84-63(72)92-88-59(68)51-35-47(76-3)27-31-55(51)80-7)40-15-23-44(24-16-40)85-64(73)93-89-60(69)52-36-48(77-4)28-32-56(52)81-8/h25-44H,9-24H2,1-8H3. The zero-order chi connectivity index (χ0) is 66.6. The van der Waals surface area contributed by atoms with E-state index >= 15 is 0 Å². The SMILES string of the molecule is COc1ccc(OC)c(C(=O)OOC(=O)OC2CCC(C(C3CCC(OC(=O)OOC(=O)c4cc(OC)ccc4OC)CC3)(C3CCC(OC(=O)OOC(=O)c4cc(OC)ccc4OC)CC3)C3CCC(OC(=O)OOC(=O)c4cc(OC)ccc4OC)CC3)CC2)c1. The second-order valence-electron chi connectivity index (χ2n) is 22.4. The Kier molecular flexibility index (Phi) is 24.5. The van der Waals surface area contributed by atoms with Gasteiger partial charge in [0, 0.05) is 0 Å². The topological polar surface area (TPSA) is 321 Å². The van der Waals surface area contributed by atoms with E-state index in [9.17, 15) is 38.4 Å². The van der Waals surface area contributed by atoms with Crippen molar-refractivity contribution in [3.05, 3.63) is 95.1 Å². The molecule has 8 rings (SSSR count). The van der Waals surface area contributed by atoms with Gasteiger partial charge in [-0.15, -0.1) is 0 Å². The Hall–Kier alpha value is -9.76. The molecule has 4 saturated carbocycles. The van der Waals surface area contributed by atoms with Gasteiger partial charge < -0.3 is 56.8 Å². The monoisotopic (exact) mass is 1300 g/mol. The van der Waals surface area contributed by atoms with E-state index < -0.39 is 78.3 Å². The fourth-order valence-corrected chi connectivity index (χ4v) is 13.7. The highest BCUT2D eigenvalue weighted by molar-refractivity contribution is 5.95. The number of hydrogen-bond donors (Lipinski definition) is 0. The second-order valence-corrected chi connectivity index (χ2v) is 22.4. The number of carbonyl (C=O) groups excluding carboxylic acids is 8. The third kappa shape index (κ3) is 17.4. The van der Waals surface area contributed by atoms with Crippen molar-refractivity contribution in [3.8, 4) is 46.0 Å². The largest absolute Gasteiger partial charge is 0.550 e. The van der Waals surface area contributed by atoms with Crippen LogP contribution in [-0.4, -0.2) is 130 Å². The zero-order valence-corrected chi connectivity index (χ0v) is 52.8. The summed E-state index contributed by atoms with van der Waals surface area (Å²) < 4.78 is 65.1. The summed E-state index contributed by atoms with van der Waals surface area (Å²) in [6, 6.07) is 17.8. The van der Waals surface area contributed by atoms with Crippen molar-refractivity contribution in [1.82, 2.24) is 0 Å². The quantitative estimate of drug-likeness (QED) is 0.0343. The minimum absolute atomic E-state index is 0.0342. The number of rotatable bonds is 20. The minimum atomic E-state index is -1.23. The highest BCUT2D eigenvalue weighted by Crippen LogP contribution is 2.63. The second kappa shape index (κ2) is 33.0. The van der Waals surface area contributed by atoms with Crippen LogP contribution in [0.5, 0.6) is 46.0 Å². The first-order chi connectivity index (χ1) is 45.0. The van der Waals surface area contributed by atoms with Gasteiger partial charge in [-0.3, -0.25) is 0 Å². The Morgan fingerprint density at radius 3 is 0.634 bits per heavy atom. The summed E-state index contributed by atoms with van der Waals surface area (Å²) in [5.74, 6) is -2.34. The molecule has 28 nitrogen and oxygen atoms in total. The molecule has 4 aromatic rings. The normalized spacial score (nSPS) is 21.5. The van der Waals surface area contributed by atoms with Crippen LogP contribution in [0.1, 0.15) is 144 Å². The van der Waals surface area contributed by atoms with Crippen LogP contribution in [0.4, 0.5) is 19.2 Å². The molecular formula is C65H76O28. The number of benzene rings is 4. The molecule has 0 aromatic heterocycles. The molecule has 4 fully saturated rings. The van der Waals surface area contributed by atoms with Gasteiger partial charge in [0.2, 0.25) is 0 Å². The molecule has 0 heterocycles. The summed E-state index contributed by atoms with van der Waals surface area (Å²) >= 11 is 0. The van der Waals surface area contributed by atoms with Gasteiger partial charge >= 0.3 is 48.5 Å². The summed E-state index contributed by atoms with van der Waals surface area (Å²) in [5.41, 5.74) is -0.753. The van der Waals surface area contributed by atoms with E-state index in [0.717, 1.165) is 0 Å². The van der Waals surface area contributed by atoms with E-state index in [1.807, 2.05) is 0 Å². The Morgan fingerprint density at radius 1 is 0.269 bits per heavy atom. The van der Waals surface area contributed by atoms with Crippen LogP contribution >= 0.6 is 0 Å². The first-order valence-corrected chi connectivity index (χ1v) is 30.2. The van der Waals surface area contributed by atoms with Gasteiger partial charge in [-0.2, -0.15) is 19.2 Å². The van der Waals surface area contributed by atoms with Crippen molar-refractivity contribution in [1.29, 1.82) is 0 Å². The predicted octanol–water partition coefficient (Wildman–Crippen LogP) is 12.0. The number of methoxy groups -OCH3 is 8. The molecule has 0 saturated heterocycles. The van der Waals surface area contributed by atoms with Crippen molar-refractivity contribution < 1.29 is 134 Å². The van der Waals surface area contributed by atoms with E-state index in [0.29, 0.717) is 126 Å². The highest BCUT2D eigenvalue weighted by Gasteiger charge is 2.57. The van der Waals surface area contributed by atoms with E-state index in [1.54, 1.807) is 24.3 Å². The Balaban J connectivity index is 0.996. The summed E-state index contributed by atoms with van der Waals surface area (Å²) in [4.78, 5) is 144. The minimum Gasteiger partial charge on any atom is -0.497 e. The summed E-state index contributed by atoms with van der Waals surface area (Å²) in [6.07, 6.45) is 0.0718. The Labute approximate surface area is 535 Å². The van der Waals surface area contributed by atoms with Gasteiger partial charge in [-0.1, -0.05) is 0 Å². The van der Waals surface area contributed by atoms with E-state index in [1.165, 1.54) is 105 Å². The first kappa shape index (κ1) is 69.1. The van der Waals surface area contributed by atoms with Gasteiger partial charge in [0.15, 0.2) is 0 Å². The number of hydrogen-bond acceptors (Lipinski definition) is 28. The molecule has 4 aliphatic carbocycles. The molecule has 93 heavy (non-hydrogen) atoms. The molecule has 0 spiro atoms. The van der Waals surface area contributed by atoms with Crippen molar-refractivity contribution >= 4 is 48.5 Å². The molecule has 4 aliphatic rings.